The molecule has 2 aromatic heterocycles. The van der Waals surface area contributed by atoms with Crippen LogP contribution in [0.4, 0.5) is 0 Å². The molecule has 160 valence electrons. The molecule has 2 aliphatic carbocycles. The van der Waals surface area contributed by atoms with Crippen molar-refractivity contribution in [3.8, 4) is 11.4 Å². The van der Waals surface area contributed by atoms with Crippen LogP contribution in [0.5, 0.6) is 0 Å². The van der Waals surface area contributed by atoms with Crippen LogP contribution < -0.4 is 4.57 Å². The molecule has 2 heterocycles. The molecular formula is C27H32N3S+. The van der Waals surface area contributed by atoms with Crippen molar-refractivity contribution in [2.75, 3.05) is 0 Å². The molecule has 6 rings (SSSR count). The van der Waals surface area contributed by atoms with Gasteiger partial charge in [-0.15, -0.1) is 11.3 Å². The summed E-state index contributed by atoms with van der Waals surface area (Å²) in [4.78, 5) is 5.32. The number of benzene rings is 2. The predicted molar refractivity (Wildman–Crippen MR) is 130 cm³/mol. The Morgan fingerprint density at radius 3 is 2.48 bits per heavy atom. The lowest BCUT2D eigenvalue weighted by Crippen LogP contribution is -2.31. The maximum absolute atomic E-state index is 5.32. The van der Waals surface area contributed by atoms with E-state index in [1.165, 1.54) is 101 Å². The standard InChI is InChI=1S/C27H32N3S/c1-18-16-17-23-25(28-26(31-23)19-10-6-7-11-19)24(18)27-29(2)21-14-8-9-15-22(21)30(27)20-12-4-3-5-13-20/h8-9,14-17,19-20H,3-7,10-13H2,1-2H3/q+1. The number of para-hydroxylation sites is 2. The molecule has 2 aliphatic rings. The van der Waals surface area contributed by atoms with Gasteiger partial charge in [0.05, 0.1) is 27.8 Å². The van der Waals surface area contributed by atoms with E-state index in [0.717, 1.165) is 0 Å². The molecule has 3 nitrogen and oxygen atoms in total. The monoisotopic (exact) mass is 430 g/mol. The second-order valence-corrected chi connectivity index (χ2v) is 10.7. The van der Waals surface area contributed by atoms with Crippen LogP contribution in [0, 0.1) is 6.92 Å². The fourth-order valence-electron chi connectivity index (χ4n) is 6.08. The number of rotatable bonds is 3. The molecule has 0 atom stereocenters. The Bertz CT molecular complexity index is 1250. The molecule has 2 aromatic carbocycles. The maximum Gasteiger partial charge on any atom is 0.292 e. The van der Waals surface area contributed by atoms with Crippen LogP contribution in [0.2, 0.25) is 0 Å². The van der Waals surface area contributed by atoms with Crippen LogP contribution >= 0.6 is 11.3 Å². The summed E-state index contributed by atoms with van der Waals surface area (Å²) in [6, 6.07) is 14.2. The Morgan fingerprint density at radius 2 is 1.68 bits per heavy atom. The fourth-order valence-corrected chi connectivity index (χ4v) is 7.22. The van der Waals surface area contributed by atoms with Crippen LogP contribution in [-0.4, -0.2) is 9.55 Å². The van der Waals surface area contributed by atoms with Gasteiger partial charge in [0.25, 0.3) is 5.82 Å². The summed E-state index contributed by atoms with van der Waals surface area (Å²) in [6.07, 6.45) is 12.0. The fraction of sp³-hybridized carbons (Fsp3) is 0.481. The highest BCUT2D eigenvalue weighted by atomic mass is 32.1. The molecule has 0 unspecified atom stereocenters. The molecule has 0 saturated heterocycles. The van der Waals surface area contributed by atoms with Crippen LogP contribution in [0.3, 0.4) is 0 Å². The van der Waals surface area contributed by atoms with Gasteiger partial charge in [0, 0.05) is 5.92 Å². The van der Waals surface area contributed by atoms with Gasteiger partial charge in [0.15, 0.2) is 11.0 Å². The van der Waals surface area contributed by atoms with E-state index in [-0.39, 0.29) is 0 Å². The largest absolute Gasteiger partial charge is 0.292 e. The third-order valence-electron chi connectivity index (χ3n) is 7.70. The quantitative estimate of drug-likeness (QED) is 0.315. The van der Waals surface area contributed by atoms with Crippen molar-refractivity contribution >= 4 is 32.6 Å². The normalized spacial score (nSPS) is 18.5. The molecule has 0 amide bonds. The van der Waals surface area contributed by atoms with Crippen molar-refractivity contribution in [1.29, 1.82) is 0 Å². The summed E-state index contributed by atoms with van der Waals surface area (Å²) in [5.41, 5.74) is 6.61. The molecule has 2 saturated carbocycles. The summed E-state index contributed by atoms with van der Waals surface area (Å²) >= 11 is 1.94. The number of fused-ring (bicyclic) bond motifs is 2. The minimum atomic E-state index is 0.581. The molecule has 4 heteroatoms. The van der Waals surface area contributed by atoms with Crippen molar-refractivity contribution in [2.45, 2.75) is 76.7 Å². The van der Waals surface area contributed by atoms with Gasteiger partial charge >= 0.3 is 0 Å². The highest BCUT2D eigenvalue weighted by molar-refractivity contribution is 7.18. The Labute approximate surface area is 188 Å². The third kappa shape index (κ3) is 3.14. The Morgan fingerprint density at radius 1 is 0.935 bits per heavy atom. The molecule has 0 radical (unpaired) electrons. The number of hydrogen-bond acceptors (Lipinski definition) is 2. The molecule has 0 bridgehead atoms. The summed E-state index contributed by atoms with van der Waals surface area (Å²) in [6.45, 7) is 2.27. The van der Waals surface area contributed by atoms with Crippen molar-refractivity contribution in [1.82, 2.24) is 9.55 Å². The smallest absolute Gasteiger partial charge is 0.240 e. The van der Waals surface area contributed by atoms with Gasteiger partial charge < -0.3 is 0 Å². The lowest BCUT2D eigenvalue weighted by molar-refractivity contribution is -0.634. The first-order valence-electron chi connectivity index (χ1n) is 12.1. The Balaban J connectivity index is 1.63. The van der Waals surface area contributed by atoms with Gasteiger partial charge in [-0.05, 0) is 69.2 Å². The first-order valence-corrected chi connectivity index (χ1v) is 12.9. The topological polar surface area (TPSA) is 21.7 Å². The highest BCUT2D eigenvalue weighted by Gasteiger charge is 2.33. The number of imidazole rings is 1. The van der Waals surface area contributed by atoms with Crippen molar-refractivity contribution in [2.24, 2.45) is 7.05 Å². The molecule has 0 aliphatic heterocycles. The van der Waals surface area contributed by atoms with E-state index < -0.39 is 0 Å². The number of thiazole rings is 1. The second-order valence-electron chi connectivity index (χ2n) is 9.67. The summed E-state index contributed by atoms with van der Waals surface area (Å²) in [5, 5.41) is 1.36. The van der Waals surface area contributed by atoms with Gasteiger partial charge in [-0.1, -0.05) is 37.5 Å². The van der Waals surface area contributed by atoms with E-state index >= 15 is 0 Å². The lowest BCUT2D eigenvalue weighted by Gasteiger charge is -2.21. The molecule has 0 spiro atoms. The van der Waals surface area contributed by atoms with Crippen molar-refractivity contribution < 1.29 is 4.57 Å². The molecule has 31 heavy (non-hydrogen) atoms. The van der Waals surface area contributed by atoms with E-state index in [1.54, 1.807) is 0 Å². The van der Waals surface area contributed by atoms with Crippen LogP contribution in [0.1, 0.15) is 80.3 Å². The van der Waals surface area contributed by atoms with E-state index in [0.29, 0.717) is 12.0 Å². The average molecular weight is 431 g/mol. The Hall–Kier alpha value is -2.20. The number of aromatic nitrogens is 3. The molecule has 2 fully saturated rings. The minimum absolute atomic E-state index is 0.581. The van der Waals surface area contributed by atoms with Gasteiger partial charge in [-0.2, -0.15) is 0 Å². The van der Waals surface area contributed by atoms with E-state index in [4.69, 9.17) is 4.98 Å². The van der Waals surface area contributed by atoms with Gasteiger partial charge in [0.1, 0.15) is 6.04 Å². The average Bonchev–Trinajstić information content (AvgIpc) is 3.53. The van der Waals surface area contributed by atoms with Crippen molar-refractivity contribution in [3.63, 3.8) is 0 Å². The summed E-state index contributed by atoms with van der Waals surface area (Å²) in [5.74, 6) is 2.02. The summed E-state index contributed by atoms with van der Waals surface area (Å²) < 4.78 is 6.45. The lowest BCUT2D eigenvalue weighted by atomic mass is 9.94. The van der Waals surface area contributed by atoms with Crippen LogP contribution in [-0.2, 0) is 7.05 Å². The summed E-state index contributed by atoms with van der Waals surface area (Å²) in [7, 11) is 2.25. The SMILES string of the molecule is Cc1ccc2sc(C3CCCC3)nc2c1-c1n(C2CCCCC2)c2ccccc2[n+]1C. The van der Waals surface area contributed by atoms with Gasteiger partial charge in [-0.25, -0.2) is 14.1 Å². The molecular weight excluding hydrogens is 398 g/mol. The van der Waals surface area contributed by atoms with Gasteiger partial charge in [-0.3, -0.25) is 0 Å². The zero-order valence-electron chi connectivity index (χ0n) is 18.7. The van der Waals surface area contributed by atoms with Crippen molar-refractivity contribution in [3.05, 3.63) is 47.0 Å². The number of hydrogen-bond donors (Lipinski definition) is 0. The first-order chi connectivity index (χ1) is 15.2. The number of aryl methyl sites for hydroxylation is 2. The highest BCUT2D eigenvalue weighted by Crippen LogP contribution is 2.42. The minimum Gasteiger partial charge on any atom is -0.240 e. The second kappa shape index (κ2) is 7.74. The molecule has 0 N–H and O–H groups in total. The van der Waals surface area contributed by atoms with E-state index in [1.807, 2.05) is 11.3 Å². The van der Waals surface area contributed by atoms with Crippen LogP contribution in [0.15, 0.2) is 36.4 Å². The predicted octanol–water partition coefficient (Wildman–Crippen LogP) is 7.21. The van der Waals surface area contributed by atoms with Gasteiger partial charge in [0.2, 0.25) is 0 Å². The van der Waals surface area contributed by atoms with Crippen LogP contribution in [0.25, 0.3) is 32.6 Å². The maximum atomic E-state index is 5.32. The zero-order chi connectivity index (χ0) is 20.9. The zero-order valence-corrected chi connectivity index (χ0v) is 19.5. The Kier molecular flexibility index (Phi) is 4.86. The van der Waals surface area contributed by atoms with E-state index in [9.17, 15) is 0 Å². The third-order valence-corrected chi connectivity index (χ3v) is 8.89. The number of nitrogens with zero attached hydrogens (tertiary/aromatic N) is 3. The first kappa shape index (κ1) is 19.5. The van der Waals surface area contributed by atoms with E-state index in [2.05, 4.69) is 59.5 Å². The molecule has 4 aromatic rings.